The molecule has 102 valence electrons. The highest BCUT2D eigenvalue weighted by Gasteiger charge is 2.28. The third-order valence-corrected chi connectivity index (χ3v) is 4.07. The molecular weight excluding hydrogens is 269 g/mol. The van der Waals surface area contributed by atoms with Crippen molar-refractivity contribution in [2.24, 2.45) is 5.73 Å². The second-order valence-electron chi connectivity index (χ2n) is 3.47. The summed E-state index contributed by atoms with van der Waals surface area (Å²) in [7, 11) is -4.29. The van der Waals surface area contributed by atoms with Crippen LogP contribution in [0, 0.1) is 5.82 Å². The Morgan fingerprint density at radius 1 is 1.28 bits per heavy atom. The van der Waals surface area contributed by atoms with Gasteiger partial charge in [-0.15, -0.1) is 0 Å². The molecule has 0 aliphatic rings. The lowest BCUT2D eigenvalue weighted by atomic mass is 10.4. The van der Waals surface area contributed by atoms with Gasteiger partial charge in [-0.1, -0.05) is 12.1 Å². The van der Waals surface area contributed by atoms with Crippen LogP contribution < -0.4 is 5.73 Å². The molecule has 0 unspecified atom stereocenters. The Morgan fingerprint density at radius 2 is 1.89 bits per heavy atom. The van der Waals surface area contributed by atoms with Gasteiger partial charge < -0.3 is 5.73 Å². The molecule has 0 saturated heterocycles. The van der Waals surface area contributed by atoms with Crippen LogP contribution in [0.25, 0.3) is 0 Å². The zero-order valence-corrected chi connectivity index (χ0v) is 10.2. The van der Waals surface area contributed by atoms with E-state index in [4.69, 9.17) is 5.73 Å². The minimum atomic E-state index is -4.29. The molecule has 1 aromatic carbocycles. The second kappa shape index (κ2) is 6.17. The molecule has 0 radical (unpaired) electrons. The summed E-state index contributed by atoms with van der Waals surface area (Å²) >= 11 is 0. The van der Waals surface area contributed by atoms with Crippen LogP contribution in [-0.2, 0) is 10.0 Å². The van der Waals surface area contributed by atoms with Gasteiger partial charge in [-0.2, -0.15) is 4.31 Å². The first kappa shape index (κ1) is 14.9. The van der Waals surface area contributed by atoms with Gasteiger partial charge in [-0.05, 0) is 12.1 Å². The van der Waals surface area contributed by atoms with Crippen LogP contribution in [-0.4, -0.2) is 38.8 Å². The van der Waals surface area contributed by atoms with E-state index in [1.54, 1.807) is 0 Å². The predicted molar refractivity (Wildman–Crippen MR) is 60.2 cm³/mol. The smallest absolute Gasteiger partial charge is 0.252 e. The van der Waals surface area contributed by atoms with Crippen molar-refractivity contribution in [2.75, 3.05) is 19.6 Å². The van der Waals surface area contributed by atoms with Crippen molar-refractivity contribution in [3.8, 4) is 0 Å². The van der Waals surface area contributed by atoms with Gasteiger partial charge >= 0.3 is 0 Å². The zero-order valence-electron chi connectivity index (χ0n) is 9.39. The fourth-order valence-corrected chi connectivity index (χ4v) is 2.90. The summed E-state index contributed by atoms with van der Waals surface area (Å²) in [5, 5.41) is 0. The average Bonchev–Trinajstić information content (AvgIpc) is 2.28. The van der Waals surface area contributed by atoms with Gasteiger partial charge in [0.15, 0.2) is 0 Å². The fraction of sp³-hybridized carbons (Fsp3) is 0.400. The Bertz CT molecular complexity index is 494. The van der Waals surface area contributed by atoms with Crippen molar-refractivity contribution in [1.82, 2.24) is 4.31 Å². The third-order valence-electron chi connectivity index (χ3n) is 2.17. The molecule has 0 aromatic heterocycles. The highest BCUT2D eigenvalue weighted by Crippen LogP contribution is 2.19. The summed E-state index contributed by atoms with van der Waals surface area (Å²) in [6.45, 7) is -1.42. The molecule has 0 aliphatic carbocycles. The van der Waals surface area contributed by atoms with Gasteiger partial charge in [0.25, 0.3) is 6.43 Å². The molecule has 2 N–H and O–H groups in total. The lowest BCUT2D eigenvalue weighted by Crippen LogP contribution is -2.39. The summed E-state index contributed by atoms with van der Waals surface area (Å²) < 4.78 is 62.5. The third kappa shape index (κ3) is 3.44. The molecule has 0 bridgehead atoms. The van der Waals surface area contributed by atoms with E-state index in [9.17, 15) is 21.6 Å². The highest BCUT2D eigenvalue weighted by atomic mass is 32.2. The average molecular weight is 282 g/mol. The zero-order chi connectivity index (χ0) is 13.8. The molecule has 8 heteroatoms. The number of benzene rings is 1. The number of alkyl halides is 2. The molecule has 0 fully saturated rings. The topological polar surface area (TPSA) is 63.4 Å². The van der Waals surface area contributed by atoms with Gasteiger partial charge in [0.05, 0.1) is 6.54 Å². The van der Waals surface area contributed by atoms with Crippen molar-refractivity contribution < 1.29 is 21.6 Å². The van der Waals surface area contributed by atoms with E-state index in [0.29, 0.717) is 4.31 Å². The van der Waals surface area contributed by atoms with Gasteiger partial charge in [0, 0.05) is 13.1 Å². The molecule has 1 aromatic rings. The molecule has 0 aliphatic heterocycles. The molecule has 0 spiro atoms. The fourth-order valence-electron chi connectivity index (χ4n) is 1.40. The van der Waals surface area contributed by atoms with Crippen LogP contribution >= 0.6 is 0 Å². The van der Waals surface area contributed by atoms with E-state index in [-0.39, 0.29) is 13.1 Å². The lowest BCUT2D eigenvalue weighted by Gasteiger charge is -2.21. The minimum absolute atomic E-state index is 0.125. The highest BCUT2D eigenvalue weighted by molar-refractivity contribution is 7.89. The Morgan fingerprint density at radius 3 is 2.39 bits per heavy atom. The SMILES string of the molecule is NCCN(CC(F)F)S(=O)(=O)c1ccccc1F. The van der Waals surface area contributed by atoms with Crippen LogP contribution in [0.5, 0.6) is 0 Å². The molecule has 18 heavy (non-hydrogen) atoms. The predicted octanol–water partition coefficient (Wildman–Crippen LogP) is 1.04. The molecule has 0 heterocycles. The lowest BCUT2D eigenvalue weighted by molar-refractivity contribution is 0.120. The van der Waals surface area contributed by atoms with E-state index < -0.39 is 33.7 Å². The van der Waals surface area contributed by atoms with Crippen LogP contribution in [0.1, 0.15) is 0 Å². The second-order valence-corrected chi connectivity index (χ2v) is 5.38. The Hall–Kier alpha value is -1.12. The van der Waals surface area contributed by atoms with Crippen molar-refractivity contribution in [1.29, 1.82) is 0 Å². The first-order chi connectivity index (χ1) is 8.39. The molecule has 0 amide bonds. The Balaban J connectivity index is 3.13. The summed E-state index contributed by atoms with van der Waals surface area (Å²) in [5.74, 6) is -0.978. The van der Waals surface area contributed by atoms with E-state index in [2.05, 4.69) is 0 Å². The molecule has 0 saturated carbocycles. The van der Waals surface area contributed by atoms with Gasteiger partial charge in [0.1, 0.15) is 10.7 Å². The summed E-state index contributed by atoms with van der Waals surface area (Å²) in [5.41, 5.74) is 5.17. The number of hydrogen-bond donors (Lipinski definition) is 1. The van der Waals surface area contributed by atoms with Crippen molar-refractivity contribution in [3.63, 3.8) is 0 Å². The number of rotatable bonds is 6. The van der Waals surface area contributed by atoms with Crippen molar-refractivity contribution in [2.45, 2.75) is 11.3 Å². The first-order valence-electron chi connectivity index (χ1n) is 5.12. The van der Waals surface area contributed by atoms with Crippen molar-refractivity contribution >= 4 is 10.0 Å². The van der Waals surface area contributed by atoms with E-state index >= 15 is 0 Å². The monoisotopic (exact) mass is 282 g/mol. The van der Waals surface area contributed by atoms with Gasteiger partial charge in [-0.3, -0.25) is 0 Å². The Labute approximate surface area is 103 Å². The largest absolute Gasteiger partial charge is 0.329 e. The number of halogens is 3. The maximum Gasteiger partial charge on any atom is 0.252 e. The van der Waals surface area contributed by atoms with Crippen LogP contribution in [0.2, 0.25) is 0 Å². The molecular formula is C10H13F3N2O2S. The van der Waals surface area contributed by atoms with Crippen LogP contribution in [0.15, 0.2) is 29.2 Å². The van der Waals surface area contributed by atoms with E-state index in [0.717, 1.165) is 12.1 Å². The Kier molecular flexibility index (Phi) is 5.12. The standard InChI is InChI=1S/C10H13F3N2O2S/c11-8-3-1-2-4-9(8)18(16,17)15(6-5-14)7-10(12)13/h1-4,10H,5-7,14H2. The molecule has 1 rings (SSSR count). The van der Waals surface area contributed by atoms with Crippen molar-refractivity contribution in [3.05, 3.63) is 30.1 Å². The van der Waals surface area contributed by atoms with E-state index in [1.165, 1.54) is 12.1 Å². The molecule has 4 nitrogen and oxygen atoms in total. The number of sulfonamides is 1. The normalized spacial score (nSPS) is 12.3. The maximum atomic E-state index is 13.4. The maximum absolute atomic E-state index is 13.4. The molecule has 0 atom stereocenters. The number of hydrogen-bond acceptors (Lipinski definition) is 3. The summed E-state index contributed by atoms with van der Waals surface area (Å²) in [6, 6.07) is 4.61. The van der Waals surface area contributed by atoms with Crippen LogP contribution in [0.3, 0.4) is 0 Å². The quantitative estimate of drug-likeness (QED) is 0.848. The summed E-state index contributed by atoms with van der Waals surface area (Å²) in [6.07, 6.45) is -2.85. The van der Waals surface area contributed by atoms with Gasteiger partial charge in [-0.25, -0.2) is 21.6 Å². The number of nitrogens with zero attached hydrogens (tertiary/aromatic N) is 1. The minimum Gasteiger partial charge on any atom is -0.329 e. The van der Waals surface area contributed by atoms with E-state index in [1.807, 2.05) is 0 Å². The van der Waals surface area contributed by atoms with Gasteiger partial charge in [0.2, 0.25) is 10.0 Å². The van der Waals surface area contributed by atoms with Crippen LogP contribution in [0.4, 0.5) is 13.2 Å². The first-order valence-corrected chi connectivity index (χ1v) is 6.56. The summed E-state index contributed by atoms with van der Waals surface area (Å²) in [4.78, 5) is -0.626. The number of nitrogens with two attached hydrogens (primary N) is 1.